The first-order chi connectivity index (χ1) is 22.7. The quantitative estimate of drug-likeness (QED) is 0.236. The lowest BCUT2D eigenvalue weighted by molar-refractivity contribution is -0.192. The van der Waals surface area contributed by atoms with E-state index in [2.05, 4.69) is 46.6 Å². The molecule has 0 saturated heterocycles. The highest BCUT2D eigenvalue weighted by Crippen LogP contribution is 2.33. The predicted octanol–water partition coefficient (Wildman–Crippen LogP) is 5.68. The van der Waals surface area contributed by atoms with Gasteiger partial charge < -0.3 is 10.4 Å². The van der Waals surface area contributed by atoms with E-state index in [4.69, 9.17) is 21.5 Å². The van der Waals surface area contributed by atoms with Gasteiger partial charge in [0.2, 0.25) is 5.91 Å². The van der Waals surface area contributed by atoms with Gasteiger partial charge in [0.25, 0.3) is 5.56 Å². The number of benzene rings is 1. The number of alkyl halides is 3. The Morgan fingerprint density at radius 1 is 1.12 bits per heavy atom. The Kier molecular flexibility index (Phi) is 10.1. The minimum Gasteiger partial charge on any atom is -0.475 e. The minimum atomic E-state index is -5.08. The number of hydrogen-bond acceptors (Lipinski definition) is 8. The molecule has 1 aliphatic rings. The van der Waals surface area contributed by atoms with Crippen LogP contribution in [-0.4, -0.2) is 62.5 Å². The van der Waals surface area contributed by atoms with E-state index in [1.54, 1.807) is 57.0 Å². The number of rotatable bonds is 3. The van der Waals surface area contributed by atoms with E-state index >= 15 is 0 Å². The van der Waals surface area contributed by atoms with Crippen molar-refractivity contribution < 1.29 is 27.9 Å². The van der Waals surface area contributed by atoms with E-state index in [9.17, 15) is 22.8 Å². The summed E-state index contributed by atoms with van der Waals surface area (Å²) >= 11 is 9.65. The fourth-order valence-electron chi connectivity index (χ4n) is 5.15. The van der Waals surface area contributed by atoms with Gasteiger partial charge in [-0.2, -0.15) is 18.3 Å². The molecule has 0 fully saturated rings. The number of aromatic nitrogens is 8. The van der Waals surface area contributed by atoms with E-state index in [0.717, 1.165) is 17.0 Å². The van der Waals surface area contributed by atoms with Gasteiger partial charge in [-0.3, -0.25) is 23.8 Å². The smallest absolute Gasteiger partial charge is 0.475 e. The zero-order valence-corrected chi connectivity index (χ0v) is 27.5. The van der Waals surface area contributed by atoms with Gasteiger partial charge in [-0.05, 0) is 59.1 Å². The van der Waals surface area contributed by atoms with E-state index in [-0.39, 0.29) is 23.4 Å². The van der Waals surface area contributed by atoms with Crippen LogP contribution in [-0.2, 0) is 16.6 Å². The van der Waals surface area contributed by atoms with Crippen molar-refractivity contribution in [1.82, 2.24) is 39.3 Å². The molecule has 2 atom stereocenters. The Hall–Kier alpha value is -4.90. The van der Waals surface area contributed by atoms with Gasteiger partial charge in [0, 0.05) is 41.4 Å². The average Bonchev–Trinajstić information content (AvgIpc) is 3.63. The van der Waals surface area contributed by atoms with Gasteiger partial charge in [-0.25, -0.2) is 14.5 Å². The van der Waals surface area contributed by atoms with E-state index in [0.29, 0.717) is 51.5 Å². The van der Waals surface area contributed by atoms with Gasteiger partial charge in [-0.1, -0.05) is 30.2 Å². The normalized spacial score (nSPS) is 16.4. The number of carbonyl (C=O) groups is 2. The molecule has 13 nitrogen and oxygen atoms in total. The van der Waals surface area contributed by atoms with Crippen LogP contribution >= 0.6 is 27.5 Å². The van der Waals surface area contributed by atoms with Crippen molar-refractivity contribution in [1.29, 1.82) is 0 Å². The molecule has 0 aliphatic carbocycles. The molecular formula is C30H26BrClF3N9O4. The largest absolute Gasteiger partial charge is 0.490 e. The number of carboxylic acid groups (broad SMARTS) is 1. The van der Waals surface area contributed by atoms with Crippen molar-refractivity contribution in [3.8, 4) is 28.2 Å². The molecule has 1 amide bonds. The topological polar surface area (TPSA) is 163 Å². The summed E-state index contributed by atoms with van der Waals surface area (Å²) < 4.78 is 37.2. The number of aliphatic carboxylic acids is 1. The number of pyridine rings is 1. The molecule has 48 heavy (non-hydrogen) atoms. The number of anilines is 1. The summed E-state index contributed by atoms with van der Waals surface area (Å²) in [4.78, 5) is 44.8. The highest BCUT2D eigenvalue weighted by Gasteiger charge is 2.38. The molecule has 2 N–H and O–H groups in total. The number of carboxylic acids is 1. The molecule has 0 spiro atoms. The highest BCUT2D eigenvalue weighted by molar-refractivity contribution is 9.10. The minimum absolute atomic E-state index is 0.0643. The number of halogens is 5. The third-order valence-corrected chi connectivity index (χ3v) is 8.11. The van der Waals surface area contributed by atoms with Crippen molar-refractivity contribution in [2.24, 2.45) is 13.0 Å². The third-order valence-electron chi connectivity index (χ3n) is 7.52. The monoisotopic (exact) mass is 747 g/mol. The lowest BCUT2D eigenvalue weighted by Crippen LogP contribution is -2.27. The number of amides is 1. The van der Waals surface area contributed by atoms with Gasteiger partial charge in [-0.15, -0.1) is 5.10 Å². The lowest BCUT2D eigenvalue weighted by atomic mass is 9.97. The molecule has 4 aromatic heterocycles. The highest BCUT2D eigenvalue weighted by atomic mass is 79.9. The maximum absolute atomic E-state index is 13.7. The lowest BCUT2D eigenvalue weighted by Gasteiger charge is -2.22. The SMILES string of the molecule is C[C@@H]1CCC[C@H](n2cnc(-c3cc(Cl)ccc3-n3cc(Br)nn3)cc2=O)c2cc(ccn2)-c2c(cnn2C)NC1=O.O=C(O)C(F)(F)F. The molecule has 250 valence electrons. The standard InChI is InChI=1S/C28H25BrClN9O2.C2HF3O2/c1-16-4-3-5-24(21-10-17(8-9-31-21)27-22(34-28(16)41)13-33-37(27)2)38-15-32-20(12-26(38)40)19-11-18(30)6-7-23(19)39-14-25(29)35-36-39;3-2(4,5)1(6)7/h6-16,24H,3-5H2,1-2H3,(H,34,41);(H,6,7)/t16-,24+;/m1./s1. The zero-order valence-electron chi connectivity index (χ0n) is 25.2. The number of aryl methyl sites for hydroxylation is 1. The van der Waals surface area contributed by atoms with Crippen LogP contribution in [0.5, 0.6) is 0 Å². The zero-order chi connectivity index (χ0) is 34.7. The summed E-state index contributed by atoms with van der Waals surface area (Å²) in [5.74, 6) is -3.04. The first-order valence-electron chi connectivity index (χ1n) is 14.3. The number of hydrogen-bond donors (Lipinski definition) is 2. The first kappa shape index (κ1) is 34.4. The van der Waals surface area contributed by atoms with Crippen molar-refractivity contribution in [2.75, 3.05) is 5.32 Å². The second-order valence-electron chi connectivity index (χ2n) is 10.8. The molecule has 2 bridgehead atoms. The molecular weight excluding hydrogens is 723 g/mol. The van der Waals surface area contributed by atoms with Crippen molar-refractivity contribution in [2.45, 2.75) is 38.4 Å². The van der Waals surface area contributed by atoms with Gasteiger partial charge in [0.05, 0.1) is 53.2 Å². The molecule has 5 heterocycles. The second kappa shape index (κ2) is 14.1. The van der Waals surface area contributed by atoms with Crippen LogP contribution in [0.25, 0.3) is 28.2 Å². The van der Waals surface area contributed by atoms with Crippen LogP contribution in [0.3, 0.4) is 0 Å². The second-order valence-corrected chi connectivity index (χ2v) is 12.1. The van der Waals surface area contributed by atoms with Gasteiger partial charge in [0.15, 0.2) is 0 Å². The van der Waals surface area contributed by atoms with Crippen molar-refractivity contribution in [3.05, 3.63) is 87.0 Å². The van der Waals surface area contributed by atoms with Crippen LogP contribution in [0.4, 0.5) is 18.9 Å². The van der Waals surface area contributed by atoms with Gasteiger partial charge >= 0.3 is 12.1 Å². The Bertz CT molecular complexity index is 2050. The molecule has 0 radical (unpaired) electrons. The van der Waals surface area contributed by atoms with E-state index in [1.807, 2.05) is 26.1 Å². The Morgan fingerprint density at radius 3 is 2.54 bits per heavy atom. The molecule has 5 aromatic rings. The summed E-state index contributed by atoms with van der Waals surface area (Å²) in [6.07, 6.45) is 3.51. The van der Waals surface area contributed by atoms with Crippen LogP contribution < -0.4 is 10.9 Å². The van der Waals surface area contributed by atoms with Crippen LogP contribution in [0.2, 0.25) is 5.02 Å². The molecule has 18 heteroatoms. The molecule has 0 unspecified atom stereocenters. The summed E-state index contributed by atoms with van der Waals surface area (Å²) in [5.41, 5.74) is 4.50. The van der Waals surface area contributed by atoms with Gasteiger partial charge in [0.1, 0.15) is 4.60 Å². The number of nitrogens with zero attached hydrogens (tertiary/aromatic N) is 8. The fourth-order valence-corrected chi connectivity index (χ4v) is 5.59. The summed E-state index contributed by atoms with van der Waals surface area (Å²) in [6.45, 7) is 1.91. The number of nitrogens with one attached hydrogen (secondary N) is 1. The van der Waals surface area contributed by atoms with Crippen LogP contribution in [0, 0.1) is 5.92 Å². The van der Waals surface area contributed by atoms with Crippen molar-refractivity contribution >= 4 is 45.1 Å². The third kappa shape index (κ3) is 7.62. The Labute approximate surface area is 283 Å². The number of fused-ring (bicyclic) bond motifs is 4. The summed E-state index contributed by atoms with van der Waals surface area (Å²) in [5, 5.41) is 23.1. The number of carbonyl (C=O) groups excluding carboxylic acids is 1. The van der Waals surface area contributed by atoms with E-state index in [1.165, 1.54) is 6.07 Å². The Balaban J connectivity index is 0.000000582. The maximum atomic E-state index is 13.7. The predicted molar refractivity (Wildman–Crippen MR) is 171 cm³/mol. The maximum Gasteiger partial charge on any atom is 0.490 e. The molecule has 1 aromatic carbocycles. The molecule has 1 aliphatic heterocycles. The van der Waals surface area contributed by atoms with E-state index < -0.39 is 12.1 Å². The first-order valence-corrected chi connectivity index (χ1v) is 15.5. The van der Waals surface area contributed by atoms with Crippen molar-refractivity contribution in [3.63, 3.8) is 0 Å². The summed E-state index contributed by atoms with van der Waals surface area (Å²) in [7, 11) is 1.83. The van der Waals surface area contributed by atoms with Crippen LogP contribution in [0.15, 0.2) is 70.7 Å². The fraction of sp³-hybridized carbons (Fsp3) is 0.267. The Morgan fingerprint density at radius 2 is 1.88 bits per heavy atom. The average molecular weight is 749 g/mol. The molecule has 6 rings (SSSR count). The van der Waals surface area contributed by atoms with Crippen LogP contribution in [0.1, 0.15) is 37.9 Å². The molecule has 0 saturated carbocycles. The summed E-state index contributed by atoms with van der Waals surface area (Å²) in [6, 6.07) is 10.2.